The number of nitrogens with one attached hydrogen (secondary N) is 2. The average Bonchev–Trinajstić information content (AvgIpc) is 2.71. The normalized spacial score (nSPS) is 15.2. The van der Waals surface area contributed by atoms with Crippen molar-refractivity contribution in [1.29, 1.82) is 0 Å². The summed E-state index contributed by atoms with van der Waals surface area (Å²) in [6, 6.07) is 6.24. The fourth-order valence-corrected chi connectivity index (χ4v) is 2.93. The first-order chi connectivity index (χ1) is 13.3. The standard InChI is InChI=1S/C20H30N4O4.ClH/c1-13(2)18(21)19(26)22-12-17(25)23-15-6-4-14(5-7-15)20(27)24(3)16-8-10-28-11-9-16;/h4-7,13,16,18H,8-12,21H2,1-3H3,(H,22,26)(H,23,25);1H/t18-;/m0./s1. The highest BCUT2D eigenvalue weighted by molar-refractivity contribution is 5.97. The van der Waals surface area contributed by atoms with Crippen LogP contribution in [0.4, 0.5) is 5.69 Å². The Bertz CT molecular complexity index is 690. The van der Waals surface area contributed by atoms with Crippen LogP contribution in [0.2, 0.25) is 0 Å². The molecule has 1 fully saturated rings. The first-order valence-electron chi connectivity index (χ1n) is 9.57. The highest BCUT2D eigenvalue weighted by Crippen LogP contribution is 2.17. The van der Waals surface area contributed by atoms with E-state index in [-0.39, 0.29) is 48.6 Å². The molecule has 29 heavy (non-hydrogen) atoms. The lowest BCUT2D eigenvalue weighted by atomic mass is 10.1. The van der Waals surface area contributed by atoms with E-state index in [0.29, 0.717) is 24.5 Å². The van der Waals surface area contributed by atoms with Gasteiger partial charge in [0.1, 0.15) is 0 Å². The Labute approximate surface area is 177 Å². The van der Waals surface area contributed by atoms with E-state index in [4.69, 9.17) is 10.5 Å². The molecule has 0 aliphatic carbocycles. The van der Waals surface area contributed by atoms with Gasteiger partial charge >= 0.3 is 0 Å². The maximum absolute atomic E-state index is 12.6. The summed E-state index contributed by atoms with van der Waals surface area (Å²) in [5, 5.41) is 5.21. The lowest BCUT2D eigenvalue weighted by Gasteiger charge is -2.31. The molecule has 0 bridgehead atoms. The highest BCUT2D eigenvalue weighted by Gasteiger charge is 2.23. The predicted molar refractivity (Wildman–Crippen MR) is 114 cm³/mol. The van der Waals surface area contributed by atoms with Gasteiger partial charge in [-0.2, -0.15) is 0 Å². The molecule has 8 nitrogen and oxygen atoms in total. The van der Waals surface area contributed by atoms with Gasteiger partial charge in [-0.25, -0.2) is 0 Å². The van der Waals surface area contributed by atoms with Crippen molar-refractivity contribution < 1.29 is 19.1 Å². The minimum atomic E-state index is -0.647. The number of ether oxygens (including phenoxy) is 1. The van der Waals surface area contributed by atoms with E-state index in [1.807, 2.05) is 13.8 Å². The molecule has 0 aromatic heterocycles. The van der Waals surface area contributed by atoms with Crippen LogP contribution in [-0.4, -0.2) is 61.5 Å². The predicted octanol–water partition coefficient (Wildman–Crippen LogP) is 1.40. The fourth-order valence-electron chi connectivity index (χ4n) is 2.93. The maximum atomic E-state index is 12.6. The third-order valence-corrected chi connectivity index (χ3v) is 4.92. The number of carbonyl (C=O) groups excluding carboxylic acids is 3. The molecular formula is C20H31ClN4O4. The lowest BCUT2D eigenvalue weighted by molar-refractivity contribution is -0.125. The number of nitrogens with zero attached hydrogens (tertiary/aromatic N) is 1. The summed E-state index contributed by atoms with van der Waals surface area (Å²) in [5.41, 5.74) is 6.85. The van der Waals surface area contributed by atoms with Gasteiger partial charge in [0.25, 0.3) is 5.91 Å². The minimum absolute atomic E-state index is 0. The van der Waals surface area contributed by atoms with Crippen molar-refractivity contribution in [2.45, 2.75) is 38.8 Å². The van der Waals surface area contributed by atoms with E-state index in [2.05, 4.69) is 10.6 Å². The Hall–Kier alpha value is -2.16. The third kappa shape index (κ3) is 7.30. The molecular weight excluding hydrogens is 396 g/mol. The second-order valence-electron chi connectivity index (χ2n) is 7.37. The lowest BCUT2D eigenvalue weighted by Crippen LogP contribution is -2.46. The molecule has 4 N–H and O–H groups in total. The molecule has 0 radical (unpaired) electrons. The van der Waals surface area contributed by atoms with E-state index >= 15 is 0 Å². The van der Waals surface area contributed by atoms with Crippen LogP contribution >= 0.6 is 12.4 Å². The molecule has 162 valence electrons. The van der Waals surface area contributed by atoms with E-state index < -0.39 is 6.04 Å². The molecule has 1 aromatic carbocycles. The Balaban J connectivity index is 0.00000420. The monoisotopic (exact) mass is 426 g/mol. The van der Waals surface area contributed by atoms with Crippen LogP contribution in [0.3, 0.4) is 0 Å². The fraction of sp³-hybridized carbons (Fsp3) is 0.550. The summed E-state index contributed by atoms with van der Waals surface area (Å²) in [4.78, 5) is 38.1. The topological polar surface area (TPSA) is 114 Å². The number of rotatable bonds is 7. The molecule has 1 atom stereocenters. The van der Waals surface area contributed by atoms with Crippen molar-refractivity contribution >= 4 is 35.8 Å². The second-order valence-corrected chi connectivity index (χ2v) is 7.37. The zero-order valence-electron chi connectivity index (χ0n) is 17.1. The number of carbonyl (C=O) groups is 3. The van der Waals surface area contributed by atoms with Gasteiger partial charge in [0, 0.05) is 37.6 Å². The molecule has 2 rings (SSSR count). The van der Waals surface area contributed by atoms with Gasteiger partial charge < -0.3 is 26.0 Å². The quantitative estimate of drug-likeness (QED) is 0.609. The van der Waals surface area contributed by atoms with Crippen LogP contribution < -0.4 is 16.4 Å². The van der Waals surface area contributed by atoms with E-state index in [1.165, 1.54) is 0 Å². The SMILES string of the molecule is CC(C)[C@H](N)C(=O)NCC(=O)Nc1ccc(C(=O)N(C)C2CCOCC2)cc1.Cl. The summed E-state index contributed by atoms with van der Waals surface area (Å²) in [5.74, 6) is -0.780. The first-order valence-corrected chi connectivity index (χ1v) is 9.57. The van der Waals surface area contributed by atoms with Gasteiger partial charge in [-0.3, -0.25) is 14.4 Å². The number of hydrogen-bond acceptors (Lipinski definition) is 5. The van der Waals surface area contributed by atoms with Gasteiger partial charge in [-0.15, -0.1) is 12.4 Å². The van der Waals surface area contributed by atoms with Crippen LogP contribution in [-0.2, 0) is 14.3 Å². The Morgan fingerprint density at radius 3 is 2.31 bits per heavy atom. The van der Waals surface area contributed by atoms with Crippen molar-refractivity contribution in [1.82, 2.24) is 10.2 Å². The van der Waals surface area contributed by atoms with Crippen molar-refractivity contribution in [3.05, 3.63) is 29.8 Å². The van der Waals surface area contributed by atoms with Gasteiger partial charge in [-0.05, 0) is 43.0 Å². The smallest absolute Gasteiger partial charge is 0.253 e. The Kier molecular flexibility index (Phi) is 10.1. The van der Waals surface area contributed by atoms with Gasteiger partial charge in [0.2, 0.25) is 11.8 Å². The summed E-state index contributed by atoms with van der Waals surface area (Å²) in [6.07, 6.45) is 1.67. The largest absolute Gasteiger partial charge is 0.381 e. The maximum Gasteiger partial charge on any atom is 0.253 e. The zero-order chi connectivity index (χ0) is 20.7. The van der Waals surface area contributed by atoms with Crippen LogP contribution in [0.25, 0.3) is 0 Å². The van der Waals surface area contributed by atoms with Gasteiger partial charge in [0.15, 0.2) is 0 Å². The molecule has 1 aliphatic rings. The summed E-state index contributed by atoms with van der Waals surface area (Å²) in [6.45, 7) is 4.86. The number of anilines is 1. The Morgan fingerprint density at radius 1 is 1.17 bits per heavy atom. The molecule has 1 saturated heterocycles. The first kappa shape index (κ1) is 24.9. The van der Waals surface area contributed by atoms with Crippen molar-refractivity contribution in [2.75, 3.05) is 32.1 Å². The van der Waals surface area contributed by atoms with Crippen molar-refractivity contribution in [2.24, 2.45) is 11.7 Å². The summed E-state index contributed by atoms with van der Waals surface area (Å²) in [7, 11) is 1.80. The second kappa shape index (κ2) is 11.7. The Morgan fingerprint density at radius 2 is 1.76 bits per heavy atom. The third-order valence-electron chi connectivity index (χ3n) is 4.92. The molecule has 3 amide bonds. The minimum Gasteiger partial charge on any atom is -0.381 e. The molecule has 1 aliphatic heterocycles. The van der Waals surface area contributed by atoms with Crippen molar-refractivity contribution in [3.8, 4) is 0 Å². The van der Waals surface area contributed by atoms with Crippen LogP contribution in [0.15, 0.2) is 24.3 Å². The van der Waals surface area contributed by atoms with E-state index in [0.717, 1.165) is 12.8 Å². The van der Waals surface area contributed by atoms with Crippen LogP contribution in [0, 0.1) is 5.92 Å². The highest BCUT2D eigenvalue weighted by atomic mass is 35.5. The van der Waals surface area contributed by atoms with Crippen LogP contribution in [0.1, 0.15) is 37.0 Å². The molecule has 1 heterocycles. The molecule has 1 aromatic rings. The molecule has 9 heteroatoms. The molecule has 0 spiro atoms. The van der Waals surface area contributed by atoms with Crippen molar-refractivity contribution in [3.63, 3.8) is 0 Å². The molecule has 0 saturated carbocycles. The number of amides is 3. The molecule has 0 unspecified atom stereocenters. The zero-order valence-corrected chi connectivity index (χ0v) is 18.0. The average molecular weight is 427 g/mol. The van der Waals surface area contributed by atoms with E-state index in [1.54, 1.807) is 36.2 Å². The van der Waals surface area contributed by atoms with E-state index in [9.17, 15) is 14.4 Å². The van der Waals surface area contributed by atoms with Gasteiger partial charge in [-0.1, -0.05) is 13.8 Å². The number of nitrogens with two attached hydrogens (primary N) is 1. The summed E-state index contributed by atoms with van der Waals surface area (Å²) >= 11 is 0. The summed E-state index contributed by atoms with van der Waals surface area (Å²) < 4.78 is 5.34. The van der Waals surface area contributed by atoms with Gasteiger partial charge in [0.05, 0.1) is 12.6 Å². The van der Waals surface area contributed by atoms with Crippen LogP contribution in [0.5, 0.6) is 0 Å². The number of halogens is 1. The number of benzene rings is 1. The number of hydrogen-bond donors (Lipinski definition) is 3.